The van der Waals surface area contributed by atoms with Gasteiger partial charge in [0.2, 0.25) is 17.7 Å². The van der Waals surface area contributed by atoms with Crippen molar-refractivity contribution < 1.29 is 14.4 Å². The van der Waals surface area contributed by atoms with E-state index in [-0.39, 0.29) is 17.7 Å². The Bertz CT molecular complexity index is 1650. The Hall–Kier alpha value is -5.56. The van der Waals surface area contributed by atoms with Crippen molar-refractivity contribution in [1.29, 1.82) is 0 Å². The maximum absolute atomic E-state index is 13.1. The van der Waals surface area contributed by atoms with Gasteiger partial charge in [0, 0.05) is 37.5 Å². The molecule has 62 heavy (non-hydrogen) atoms. The summed E-state index contributed by atoms with van der Waals surface area (Å²) in [7, 11) is 0. The van der Waals surface area contributed by atoms with E-state index in [1.165, 1.54) is 0 Å². The zero-order valence-electron chi connectivity index (χ0n) is 38.1. The normalized spacial score (nSPS) is 13.3. The van der Waals surface area contributed by atoms with Crippen molar-refractivity contribution in [1.82, 2.24) is 15.6 Å². The fourth-order valence-electron chi connectivity index (χ4n) is 5.70. The second kappa shape index (κ2) is 43.5. The minimum Gasteiger partial charge on any atom is -0.356 e. The summed E-state index contributed by atoms with van der Waals surface area (Å²) in [5.41, 5.74) is 0.626. The van der Waals surface area contributed by atoms with E-state index in [1.54, 1.807) is 24.5 Å². The highest BCUT2D eigenvalue weighted by Gasteiger charge is 2.20. The molecule has 3 amide bonds. The van der Waals surface area contributed by atoms with Crippen molar-refractivity contribution >= 4 is 23.4 Å². The van der Waals surface area contributed by atoms with Crippen LogP contribution in [0.2, 0.25) is 0 Å². The third-order valence-corrected chi connectivity index (χ3v) is 9.11. The van der Waals surface area contributed by atoms with E-state index in [2.05, 4.69) is 175 Å². The molecule has 0 saturated heterocycles. The molecule has 336 valence electrons. The van der Waals surface area contributed by atoms with Crippen LogP contribution in [0.3, 0.4) is 0 Å². The molecule has 0 spiro atoms. The first kappa shape index (κ1) is 54.5. The molecule has 0 saturated carbocycles. The highest BCUT2D eigenvalue weighted by molar-refractivity contribution is 5.97. The second-order valence-electron chi connectivity index (χ2n) is 14.6. The molecule has 0 aliphatic rings. The van der Waals surface area contributed by atoms with Gasteiger partial charge in [0.1, 0.15) is 6.04 Å². The Morgan fingerprint density at radius 2 is 0.839 bits per heavy atom. The fourth-order valence-corrected chi connectivity index (χ4v) is 5.70. The molecule has 1 atom stereocenters. The zero-order valence-corrected chi connectivity index (χ0v) is 38.1. The van der Waals surface area contributed by atoms with Crippen molar-refractivity contribution in [3.63, 3.8) is 0 Å². The Morgan fingerprint density at radius 1 is 0.484 bits per heavy atom. The number of hydrogen-bond donors (Lipinski definition) is 3. The Morgan fingerprint density at radius 3 is 1.23 bits per heavy atom. The molecular formula is C55H78N4O3. The summed E-state index contributed by atoms with van der Waals surface area (Å²) in [5, 5.41) is 8.80. The zero-order chi connectivity index (χ0) is 44.7. The summed E-state index contributed by atoms with van der Waals surface area (Å²) in [6.07, 6.45) is 70.6. The van der Waals surface area contributed by atoms with Crippen molar-refractivity contribution in [3.05, 3.63) is 170 Å². The van der Waals surface area contributed by atoms with Gasteiger partial charge in [-0.05, 0) is 121 Å². The number of hydrogen-bond acceptors (Lipinski definition) is 4. The lowest BCUT2D eigenvalue weighted by atomic mass is 10.1. The van der Waals surface area contributed by atoms with Gasteiger partial charge in [0.05, 0.1) is 0 Å². The van der Waals surface area contributed by atoms with Gasteiger partial charge in [-0.2, -0.15) is 0 Å². The summed E-state index contributed by atoms with van der Waals surface area (Å²) in [5.74, 6) is -0.416. The van der Waals surface area contributed by atoms with Crippen molar-refractivity contribution in [2.45, 2.75) is 142 Å². The van der Waals surface area contributed by atoms with Crippen LogP contribution in [-0.4, -0.2) is 35.3 Å². The first-order chi connectivity index (χ1) is 30.6. The summed E-state index contributed by atoms with van der Waals surface area (Å²) in [4.78, 5) is 42.4. The molecule has 0 fully saturated rings. The minimum absolute atomic E-state index is 0.0132. The van der Waals surface area contributed by atoms with E-state index in [0.717, 1.165) is 77.0 Å². The predicted molar refractivity (Wildman–Crippen MR) is 267 cm³/mol. The molecule has 0 bridgehead atoms. The van der Waals surface area contributed by atoms with Crippen LogP contribution in [0, 0.1) is 0 Å². The summed E-state index contributed by atoms with van der Waals surface area (Å²) < 4.78 is 0. The number of aromatic nitrogens is 1. The average Bonchev–Trinajstić information content (AvgIpc) is 3.27. The number of carbonyl (C=O) groups is 3. The molecule has 1 rings (SSSR count). The number of pyridine rings is 1. The molecule has 1 heterocycles. The van der Waals surface area contributed by atoms with E-state index in [9.17, 15) is 14.4 Å². The minimum atomic E-state index is -0.676. The van der Waals surface area contributed by atoms with Gasteiger partial charge in [0.15, 0.2) is 0 Å². The van der Waals surface area contributed by atoms with Crippen LogP contribution in [-0.2, 0) is 14.4 Å². The number of nitrogens with zero attached hydrogens (tertiary/aromatic N) is 1. The molecule has 1 aromatic rings. The van der Waals surface area contributed by atoms with Crippen LogP contribution < -0.4 is 16.0 Å². The Labute approximate surface area is 376 Å². The topological polar surface area (TPSA) is 100 Å². The first-order valence-corrected chi connectivity index (χ1v) is 23.1. The molecule has 1 aromatic heterocycles. The third-order valence-electron chi connectivity index (χ3n) is 9.11. The second-order valence-corrected chi connectivity index (χ2v) is 14.6. The van der Waals surface area contributed by atoms with Gasteiger partial charge < -0.3 is 16.0 Å². The van der Waals surface area contributed by atoms with Crippen molar-refractivity contribution in [3.8, 4) is 0 Å². The third kappa shape index (κ3) is 37.4. The summed E-state index contributed by atoms with van der Waals surface area (Å²) in [6.45, 7) is 4.82. The molecule has 0 radical (unpaired) electrons. The van der Waals surface area contributed by atoms with Crippen LogP contribution in [0.5, 0.6) is 0 Å². The largest absolute Gasteiger partial charge is 0.356 e. The number of anilines is 1. The number of unbranched alkanes of at least 4 members (excludes halogenated alkanes) is 1. The number of allylic oxidation sites excluding steroid dienone is 24. The van der Waals surface area contributed by atoms with Gasteiger partial charge in [-0.25, -0.2) is 0 Å². The van der Waals surface area contributed by atoms with Crippen molar-refractivity contribution in [2.75, 3.05) is 11.9 Å². The quantitative estimate of drug-likeness (QED) is 0.0463. The van der Waals surface area contributed by atoms with E-state index in [1.807, 2.05) is 6.08 Å². The van der Waals surface area contributed by atoms with E-state index in [0.29, 0.717) is 57.2 Å². The Kier molecular flexibility index (Phi) is 38.2. The molecule has 3 N–H and O–H groups in total. The van der Waals surface area contributed by atoms with E-state index >= 15 is 0 Å². The summed E-state index contributed by atoms with van der Waals surface area (Å²) >= 11 is 0. The van der Waals surface area contributed by atoms with Crippen LogP contribution in [0.15, 0.2) is 170 Å². The molecular weight excluding hydrogens is 765 g/mol. The number of amides is 3. The monoisotopic (exact) mass is 843 g/mol. The molecule has 0 aromatic carbocycles. The van der Waals surface area contributed by atoms with Crippen LogP contribution in [0.1, 0.15) is 136 Å². The lowest BCUT2D eigenvalue weighted by molar-refractivity contribution is -0.126. The SMILES string of the molecule is CCC=CCC=CC/C=C\C/C=C\C/C=C\C/C=C\CCC(=O)NCCCC[C@H](NC(=O)CC/C=C\C/C=C\C/C=C\CC=CCC=CC/C=C\CC)C(=O)Nc1ccncc1. The Balaban J connectivity index is 2.27. The van der Waals surface area contributed by atoms with Gasteiger partial charge in [-0.3, -0.25) is 19.4 Å². The molecule has 0 aliphatic heterocycles. The van der Waals surface area contributed by atoms with E-state index in [4.69, 9.17) is 0 Å². The van der Waals surface area contributed by atoms with Gasteiger partial charge in [-0.15, -0.1) is 0 Å². The highest BCUT2D eigenvalue weighted by Crippen LogP contribution is 2.09. The number of nitrogens with one attached hydrogen (secondary N) is 3. The first-order valence-electron chi connectivity index (χ1n) is 23.1. The standard InChI is InChI=1S/C55H78N4O3/c1-3-5-7-9-11-13-15-17-19-21-23-25-27-29-31-33-35-37-39-44-53(60)57-48-42-41-43-52(55(62)58-51-46-49-56-50-47-51)59-54(61)45-40-38-36-34-32-30-28-26-24-22-20-18-16-14-12-10-8-6-4-2/h5-8,11-14,17-20,23-26,29-32,35-38,46-47,49-50,52H,3-4,9-10,15-16,21-22,27-28,33-34,39-45,48H2,1-2H3,(H,57,60)(H,59,61)(H,56,58,62)/b7-5?,8-6-,13-11?,14-12?,19-17-,20-18?,25-23-,26-24-,31-29-,32-30-,37-35-,38-36-/t52-/m0/s1. The molecule has 0 unspecified atom stereocenters. The highest BCUT2D eigenvalue weighted by atomic mass is 16.2. The van der Waals surface area contributed by atoms with Crippen molar-refractivity contribution in [2.24, 2.45) is 0 Å². The molecule has 7 nitrogen and oxygen atoms in total. The van der Waals surface area contributed by atoms with Crippen LogP contribution >= 0.6 is 0 Å². The average molecular weight is 843 g/mol. The predicted octanol–water partition coefficient (Wildman–Crippen LogP) is 13.7. The van der Waals surface area contributed by atoms with E-state index < -0.39 is 6.04 Å². The maximum Gasteiger partial charge on any atom is 0.246 e. The van der Waals surface area contributed by atoms with Gasteiger partial charge in [0.25, 0.3) is 0 Å². The number of rotatable bonds is 36. The van der Waals surface area contributed by atoms with Gasteiger partial charge in [-0.1, -0.05) is 160 Å². The lowest BCUT2D eigenvalue weighted by Gasteiger charge is -2.18. The molecule has 0 aliphatic carbocycles. The summed E-state index contributed by atoms with van der Waals surface area (Å²) in [6, 6.07) is 2.76. The maximum atomic E-state index is 13.1. The molecule has 7 heteroatoms. The smallest absolute Gasteiger partial charge is 0.246 e. The number of carbonyl (C=O) groups excluding carboxylic acids is 3. The fraction of sp³-hybridized carbons (Fsp3) is 0.418. The van der Waals surface area contributed by atoms with Crippen LogP contribution in [0.25, 0.3) is 0 Å². The lowest BCUT2D eigenvalue weighted by Crippen LogP contribution is -2.43. The van der Waals surface area contributed by atoms with Gasteiger partial charge >= 0.3 is 0 Å². The van der Waals surface area contributed by atoms with Crippen LogP contribution in [0.4, 0.5) is 5.69 Å².